The zero-order valence-electron chi connectivity index (χ0n) is 12.2. The van der Waals surface area contributed by atoms with Gasteiger partial charge >= 0.3 is 0 Å². The molecule has 0 aliphatic heterocycles. The molecule has 106 valence electrons. The highest BCUT2D eigenvalue weighted by Gasteiger charge is 2.34. The van der Waals surface area contributed by atoms with Crippen LogP contribution in [0.15, 0.2) is 0 Å². The van der Waals surface area contributed by atoms with Crippen molar-refractivity contribution in [1.29, 1.82) is 0 Å². The predicted molar refractivity (Wildman–Crippen MR) is 76.7 cm³/mol. The van der Waals surface area contributed by atoms with Gasteiger partial charge in [0.2, 0.25) is 0 Å². The molecule has 2 fully saturated rings. The van der Waals surface area contributed by atoms with Crippen LogP contribution in [0, 0.1) is 0 Å². The lowest BCUT2D eigenvalue weighted by Crippen LogP contribution is -2.53. The van der Waals surface area contributed by atoms with Crippen molar-refractivity contribution in [2.45, 2.75) is 95.7 Å². The largest absolute Gasteiger partial charge is 0.361 e. The first-order valence-electron chi connectivity index (χ1n) is 8.26. The topological polar surface area (TPSA) is 21.3 Å². The van der Waals surface area contributed by atoms with E-state index >= 15 is 0 Å². The molecule has 0 bridgehead atoms. The molecule has 2 rings (SSSR count). The third kappa shape index (κ3) is 4.24. The van der Waals surface area contributed by atoms with E-state index in [1.165, 1.54) is 70.6 Å². The van der Waals surface area contributed by atoms with Gasteiger partial charge in [-0.05, 0) is 44.9 Å². The Kier molecular flexibility index (Phi) is 5.97. The Morgan fingerprint density at radius 3 is 2.17 bits per heavy atom. The molecule has 0 amide bonds. The van der Waals surface area contributed by atoms with Gasteiger partial charge in [-0.2, -0.15) is 0 Å². The Balaban J connectivity index is 1.90. The van der Waals surface area contributed by atoms with E-state index in [4.69, 9.17) is 4.74 Å². The first kappa shape index (κ1) is 14.3. The molecule has 2 aliphatic carbocycles. The van der Waals surface area contributed by atoms with Crippen molar-refractivity contribution in [3.8, 4) is 0 Å². The van der Waals surface area contributed by atoms with Crippen LogP contribution < -0.4 is 5.32 Å². The van der Waals surface area contributed by atoms with Gasteiger partial charge < -0.3 is 4.74 Å². The lowest BCUT2D eigenvalue weighted by molar-refractivity contribution is -0.102. The van der Waals surface area contributed by atoms with Crippen LogP contribution in [0.25, 0.3) is 0 Å². The Bertz CT molecular complexity index is 215. The summed E-state index contributed by atoms with van der Waals surface area (Å²) in [6, 6.07) is 0.711. The van der Waals surface area contributed by atoms with E-state index < -0.39 is 0 Å². The average molecular weight is 253 g/mol. The van der Waals surface area contributed by atoms with Crippen LogP contribution in [-0.4, -0.2) is 18.4 Å². The maximum Gasteiger partial charge on any atom is 0.119 e. The standard InChI is InChI=1S/C16H31NO/c1-2-14-18-16(12-8-5-9-13-16)17-15-10-6-3-4-7-11-15/h15,17H,2-14H2,1H3. The fraction of sp³-hybridized carbons (Fsp3) is 1.00. The molecule has 0 aromatic heterocycles. The molecule has 18 heavy (non-hydrogen) atoms. The van der Waals surface area contributed by atoms with Gasteiger partial charge in [0.25, 0.3) is 0 Å². The fourth-order valence-electron chi connectivity index (χ4n) is 3.55. The monoisotopic (exact) mass is 253 g/mol. The van der Waals surface area contributed by atoms with Crippen LogP contribution in [0.5, 0.6) is 0 Å². The summed E-state index contributed by atoms with van der Waals surface area (Å²) in [5.74, 6) is 0. The molecule has 0 aromatic carbocycles. The van der Waals surface area contributed by atoms with Crippen molar-refractivity contribution >= 4 is 0 Å². The van der Waals surface area contributed by atoms with E-state index in [-0.39, 0.29) is 5.72 Å². The number of hydrogen-bond donors (Lipinski definition) is 1. The summed E-state index contributed by atoms with van der Waals surface area (Å²) in [6.07, 6.45) is 16.0. The molecule has 0 unspecified atom stereocenters. The lowest BCUT2D eigenvalue weighted by atomic mass is 9.90. The molecule has 0 radical (unpaired) electrons. The van der Waals surface area contributed by atoms with Crippen molar-refractivity contribution in [3.05, 3.63) is 0 Å². The van der Waals surface area contributed by atoms with Crippen molar-refractivity contribution in [1.82, 2.24) is 5.32 Å². The molecule has 2 heteroatoms. The van der Waals surface area contributed by atoms with E-state index in [0.29, 0.717) is 6.04 Å². The van der Waals surface area contributed by atoms with Gasteiger partial charge in [-0.25, -0.2) is 0 Å². The summed E-state index contributed by atoms with van der Waals surface area (Å²) >= 11 is 0. The molecule has 2 nitrogen and oxygen atoms in total. The van der Waals surface area contributed by atoms with Crippen LogP contribution >= 0.6 is 0 Å². The van der Waals surface area contributed by atoms with Gasteiger partial charge in [-0.15, -0.1) is 0 Å². The SMILES string of the molecule is CCCOC1(NC2CCCCCC2)CCCCC1. The van der Waals surface area contributed by atoms with Crippen molar-refractivity contribution in [3.63, 3.8) is 0 Å². The molecule has 0 spiro atoms. The fourth-order valence-corrected chi connectivity index (χ4v) is 3.55. The number of nitrogens with one attached hydrogen (secondary N) is 1. The van der Waals surface area contributed by atoms with Crippen molar-refractivity contribution in [2.24, 2.45) is 0 Å². The minimum Gasteiger partial charge on any atom is -0.361 e. The Morgan fingerprint density at radius 1 is 0.944 bits per heavy atom. The summed E-state index contributed by atoms with van der Waals surface area (Å²) in [5, 5.41) is 3.92. The zero-order valence-corrected chi connectivity index (χ0v) is 12.2. The molecule has 0 heterocycles. The van der Waals surface area contributed by atoms with Gasteiger partial charge in [0.1, 0.15) is 5.72 Å². The summed E-state index contributed by atoms with van der Waals surface area (Å²) in [4.78, 5) is 0. The molecule has 2 saturated carbocycles. The van der Waals surface area contributed by atoms with Gasteiger partial charge in [-0.1, -0.05) is 39.0 Å². The van der Waals surface area contributed by atoms with E-state index in [2.05, 4.69) is 12.2 Å². The highest BCUT2D eigenvalue weighted by molar-refractivity contribution is 4.86. The summed E-state index contributed by atoms with van der Waals surface area (Å²) in [5.41, 5.74) is 0.0310. The van der Waals surface area contributed by atoms with Gasteiger partial charge in [0, 0.05) is 12.6 Å². The second kappa shape index (κ2) is 7.49. The zero-order chi connectivity index (χ0) is 12.7. The molecule has 1 N–H and O–H groups in total. The van der Waals surface area contributed by atoms with E-state index in [9.17, 15) is 0 Å². The third-order valence-electron chi connectivity index (χ3n) is 4.57. The Hall–Kier alpha value is -0.0800. The molecule has 0 atom stereocenters. The van der Waals surface area contributed by atoms with E-state index in [1.54, 1.807) is 0 Å². The predicted octanol–water partition coefficient (Wildman–Crippen LogP) is 4.39. The van der Waals surface area contributed by atoms with Crippen LogP contribution in [0.3, 0.4) is 0 Å². The van der Waals surface area contributed by atoms with Crippen molar-refractivity contribution in [2.75, 3.05) is 6.61 Å². The van der Waals surface area contributed by atoms with Gasteiger partial charge in [0.05, 0.1) is 0 Å². The normalized spacial score (nSPS) is 25.8. The highest BCUT2D eigenvalue weighted by Crippen LogP contribution is 2.31. The number of rotatable bonds is 5. The molecular weight excluding hydrogens is 222 g/mol. The Morgan fingerprint density at radius 2 is 1.56 bits per heavy atom. The number of ether oxygens (including phenoxy) is 1. The smallest absolute Gasteiger partial charge is 0.119 e. The number of hydrogen-bond acceptors (Lipinski definition) is 2. The summed E-state index contributed by atoms with van der Waals surface area (Å²) in [6.45, 7) is 3.13. The van der Waals surface area contributed by atoms with Gasteiger partial charge in [-0.3, -0.25) is 5.32 Å². The average Bonchev–Trinajstić information content (AvgIpc) is 2.66. The first-order valence-corrected chi connectivity index (χ1v) is 8.26. The summed E-state index contributed by atoms with van der Waals surface area (Å²) < 4.78 is 6.25. The minimum atomic E-state index is 0.0310. The van der Waals surface area contributed by atoms with E-state index in [0.717, 1.165) is 13.0 Å². The molecule has 0 aromatic rings. The second-order valence-electron chi connectivity index (χ2n) is 6.24. The van der Waals surface area contributed by atoms with E-state index in [1.807, 2.05) is 0 Å². The lowest BCUT2D eigenvalue weighted by Gasteiger charge is -2.41. The highest BCUT2D eigenvalue weighted by atomic mass is 16.5. The van der Waals surface area contributed by atoms with Crippen LogP contribution in [0.1, 0.15) is 84.0 Å². The molecule has 0 saturated heterocycles. The maximum absolute atomic E-state index is 6.25. The molecular formula is C16H31NO. The third-order valence-corrected chi connectivity index (χ3v) is 4.57. The van der Waals surface area contributed by atoms with Crippen LogP contribution in [-0.2, 0) is 4.74 Å². The van der Waals surface area contributed by atoms with Crippen LogP contribution in [0.2, 0.25) is 0 Å². The Labute approximate surface area is 113 Å². The van der Waals surface area contributed by atoms with Gasteiger partial charge in [0.15, 0.2) is 0 Å². The van der Waals surface area contributed by atoms with Crippen molar-refractivity contribution < 1.29 is 4.74 Å². The summed E-state index contributed by atoms with van der Waals surface area (Å²) in [7, 11) is 0. The first-order chi connectivity index (χ1) is 8.85. The van der Waals surface area contributed by atoms with Crippen LogP contribution in [0.4, 0.5) is 0 Å². The quantitative estimate of drug-likeness (QED) is 0.579. The second-order valence-corrected chi connectivity index (χ2v) is 6.24. The maximum atomic E-state index is 6.25. The molecule has 2 aliphatic rings. The minimum absolute atomic E-state index is 0.0310.